The van der Waals surface area contributed by atoms with Gasteiger partial charge < -0.3 is 19.1 Å². The van der Waals surface area contributed by atoms with Crippen LogP contribution in [-0.4, -0.2) is 20.1 Å². The number of phenolic OH excluding ortho intramolecular Hbond substituents is 1. The van der Waals surface area contributed by atoms with Crippen LogP contribution in [0.5, 0.6) is 17.2 Å². The van der Waals surface area contributed by atoms with Crippen molar-refractivity contribution in [2.45, 2.75) is 6.42 Å². The van der Waals surface area contributed by atoms with Crippen molar-refractivity contribution in [3.8, 4) is 28.4 Å². The maximum absolute atomic E-state index is 9.74. The highest BCUT2D eigenvalue weighted by molar-refractivity contribution is 14.2. The van der Waals surface area contributed by atoms with Crippen LogP contribution in [0.3, 0.4) is 0 Å². The van der Waals surface area contributed by atoms with Crippen LogP contribution < -0.4 is 9.26 Å². The van der Waals surface area contributed by atoms with E-state index in [4.69, 9.17) is 15.1 Å². The average Bonchev–Trinajstić information content (AvgIpc) is 2.83. The first-order chi connectivity index (χ1) is 16.0. The first-order valence-electron chi connectivity index (χ1n) is 10.3. The normalized spacial score (nSPS) is 12.5. The number of hydrogen-bond acceptors (Lipinski definition) is 4. The Hall–Kier alpha value is -2.12. The predicted molar refractivity (Wildman–Crippen MR) is 143 cm³/mol. The number of methoxy groups -OCH3 is 1. The predicted octanol–water partition coefficient (Wildman–Crippen LogP) is 7.11. The van der Waals surface area contributed by atoms with Crippen molar-refractivity contribution in [1.82, 2.24) is 0 Å². The summed E-state index contributed by atoms with van der Waals surface area (Å²) in [5, 5.41) is 12.0. The van der Waals surface area contributed by atoms with Gasteiger partial charge in [0.25, 0.3) is 0 Å². The van der Waals surface area contributed by atoms with Crippen molar-refractivity contribution in [2.24, 2.45) is 0 Å². The zero-order valence-corrected chi connectivity index (χ0v) is 21.2. The summed E-state index contributed by atoms with van der Waals surface area (Å²) in [6.45, 7) is 0.205. The Labute approximate surface area is 205 Å². The summed E-state index contributed by atoms with van der Waals surface area (Å²) in [5.41, 5.74) is 4.52. The van der Waals surface area contributed by atoms with Gasteiger partial charge in [0, 0.05) is 7.11 Å². The van der Waals surface area contributed by atoms with Crippen LogP contribution in [0, 0.1) is 0 Å². The Morgan fingerprint density at radius 1 is 0.969 bits per heavy atom. The lowest BCUT2D eigenvalue weighted by Gasteiger charge is -2.15. The number of ether oxygens (including phenoxy) is 2. The second-order valence-corrected chi connectivity index (χ2v) is 12.0. The molecule has 0 aliphatic rings. The molecule has 1 unspecified atom stereocenters. The quantitative estimate of drug-likeness (QED) is 0.101. The second-order valence-electron chi connectivity index (χ2n) is 7.13. The smallest absolute Gasteiger partial charge is 0.188 e. The molecule has 4 aromatic rings. The van der Waals surface area contributed by atoms with Crippen molar-refractivity contribution in [3.63, 3.8) is 0 Å². The molecule has 0 radical (unpaired) electrons. The molecule has 4 aromatic carbocycles. The number of rotatable bonds is 8. The van der Waals surface area contributed by atoms with E-state index in [1.165, 1.54) is 5.56 Å². The van der Waals surface area contributed by atoms with Gasteiger partial charge in [0.15, 0.2) is 14.4 Å². The third-order valence-electron chi connectivity index (χ3n) is 5.10. The summed E-state index contributed by atoms with van der Waals surface area (Å²) in [6, 6.07) is 25.6. The fraction of sp³-hybridized carbons (Fsp3) is 0.120. The van der Waals surface area contributed by atoms with Crippen LogP contribution >= 0.6 is 28.8 Å². The highest BCUT2D eigenvalue weighted by atomic mass is 127. The van der Waals surface area contributed by atoms with Crippen LogP contribution in [0.2, 0.25) is 0 Å². The minimum Gasteiger partial charge on any atom is -0.508 e. The number of halogens is 1. The summed E-state index contributed by atoms with van der Waals surface area (Å²) >= 11 is 2.04. The van der Waals surface area contributed by atoms with E-state index in [1.54, 1.807) is 19.2 Å². The van der Waals surface area contributed by atoms with E-state index in [-0.39, 0.29) is 12.5 Å². The number of thiol groups is 1. The molecule has 0 saturated carbocycles. The number of hydrogen-bond donors (Lipinski definition) is 2. The van der Waals surface area contributed by atoms with Crippen LogP contribution in [0.15, 0.2) is 78.9 Å². The van der Waals surface area contributed by atoms with E-state index in [2.05, 4.69) is 30.3 Å². The molecule has 4 nitrogen and oxygen atoms in total. The van der Waals surface area contributed by atoms with Crippen molar-refractivity contribution in [3.05, 3.63) is 90.0 Å². The molecule has 32 heavy (non-hydrogen) atoms. The molecule has 0 aliphatic heterocycles. The molecular weight excluding hydrogens is 554 g/mol. The number of aromatic hydroxyl groups is 1. The van der Waals surface area contributed by atoms with Crippen LogP contribution in [0.4, 0.5) is 0 Å². The molecule has 0 aromatic heterocycles. The van der Waals surface area contributed by atoms with Crippen LogP contribution in [0.25, 0.3) is 21.9 Å². The minimum atomic E-state index is -0.565. The molecule has 0 amide bonds. The highest BCUT2D eigenvalue weighted by Gasteiger charge is 2.12. The molecule has 4 rings (SSSR count). The van der Waals surface area contributed by atoms with E-state index in [0.717, 1.165) is 45.4 Å². The Kier molecular flexibility index (Phi) is 7.56. The van der Waals surface area contributed by atoms with E-state index in [9.17, 15) is 5.11 Å². The first kappa shape index (κ1) is 21.7. The molecule has 164 valence electrons. The first-order valence-corrected chi connectivity index (χ1v) is 14.7. The van der Waals surface area contributed by atoms with Crippen LogP contribution in [0.1, 0.15) is 11.1 Å². The van der Waals surface area contributed by atoms with Crippen molar-refractivity contribution < 1.29 is 19.1 Å². The zero-order valence-electron chi connectivity index (χ0n) is 18.3. The Morgan fingerprint density at radius 3 is 2.44 bits per heavy atom. The van der Waals surface area contributed by atoms with Gasteiger partial charge in [-0.3, -0.25) is 0 Å². The Balaban J connectivity index is 1.74. The molecule has 7 heteroatoms. The zero-order chi connectivity index (χ0) is 23.2. The molecule has 1 N–H and O–H groups in total. The molecule has 0 bridgehead atoms. The summed E-state index contributed by atoms with van der Waals surface area (Å²) in [4.78, 5) is 0. The van der Waals surface area contributed by atoms with E-state index < -0.39 is 8.02 Å². The van der Waals surface area contributed by atoms with Gasteiger partial charge in [0.05, 0.1) is 0 Å². The SMILES string of the molecule is [3H]S(I)=POc1ccc(Cc2c(-c3ccc(O)cc3)ccc3cc(OCOC)ccc23)cc1. The third kappa shape index (κ3) is 5.62. The minimum absolute atomic E-state index is 0.205. The van der Waals surface area contributed by atoms with Crippen molar-refractivity contribution in [2.75, 3.05) is 13.9 Å². The van der Waals surface area contributed by atoms with E-state index in [1.807, 2.05) is 57.6 Å². The molecule has 0 heterocycles. The molecule has 0 fully saturated rings. The maximum Gasteiger partial charge on any atom is 0.188 e. The van der Waals surface area contributed by atoms with Gasteiger partial charge in [0.1, 0.15) is 18.4 Å². The lowest BCUT2D eigenvalue weighted by atomic mass is 9.90. The molecule has 1 atom stereocenters. The summed E-state index contributed by atoms with van der Waals surface area (Å²) in [6.07, 6.45) is 0.735. The van der Waals surface area contributed by atoms with Gasteiger partial charge in [0.2, 0.25) is 0 Å². The fourth-order valence-corrected chi connectivity index (χ4v) is 4.92. The van der Waals surface area contributed by atoms with Gasteiger partial charge in [-0.25, -0.2) is 0 Å². The van der Waals surface area contributed by atoms with E-state index >= 15 is 0 Å². The molecular formula is C25H22IO4PS. The van der Waals surface area contributed by atoms with Gasteiger partial charge in [-0.2, -0.15) is 0 Å². The summed E-state index contributed by atoms with van der Waals surface area (Å²) in [7, 11) is 1.68. The largest absolute Gasteiger partial charge is 0.508 e. The highest BCUT2D eigenvalue weighted by Crippen LogP contribution is 2.35. The lowest BCUT2D eigenvalue weighted by Crippen LogP contribution is -1.99. The van der Waals surface area contributed by atoms with Gasteiger partial charge in [-0.1, -0.05) is 50.5 Å². The molecule has 0 spiro atoms. The second kappa shape index (κ2) is 11.1. The van der Waals surface area contributed by atoms with Gasteiger partial charge >= 0.3 is 0 Å². The Morgan fingerprint density at radius 2 is 1.72 bits per heavy atom. The average molecular weight is 578 g/mol. The van der Waals surface area contributed by atoms with Crippen molar-refractivity contribution >= 4 is 47.6 Å². The fourth-order valence-electron chi connectivity index (χ4n) is 3.62. The number of phenols is 1. The molecule has 0 saturated heterocycles. The van der Waals surface area contributed by atoms with Crippen LogP contribution in [-0.2, 0) is 19.2 Å². The summed E-state index contributed by atoms with van der Waals surface area (Å²) < 4.78 is 23.9. The van der Waals surface area contributed by atoms with Gasteiger partial charge in [-0.05, 0) is 97.1 Å². The Bertz CT molecular complexity index is 1280. The summed E-state index contributed by atoms with van der Waals surface area (Å²) in [5.74, 6) is 1.77. The number of benzene rings is 4. The monoisotopic (exact) mass is 578 g/mol. The van der Waals surface area contributed by atoms with Crippen molar-refractivity contribution in [1.29, 1.82) is 1.12 Å². The third-order valence-corrected chi connectivity index (χ3v) is 7.28. The lowest BCUT2D eigenvalue weighted by molar-refractivity contribution is 0.0512. The topological polar surface area (TPSA) is 47.9 Å². The molecule has 0 aliphatic carbocycles. The maximum atomic E-state index is 9.74. The number of fused-ring (bicyclic) bond motifs is 1. The standard InChI is InChI=1S/C25H22IO4PS/c1-28-16-29-22-11-13-24-19(15-22)6-12-23(18-4-7-20(27)8-5-18)25(24)14-17-2-9-21(10-3-17)30-31-32-26/h2-13,15,27,32H,14,16H2,1H3/i32T. The van der Waals surface area contributed by atoms with E-state index in [0.29, 0.717) is 7.58 Å². The van der Waals surface area contributed by atoms with Gasteiger partial charge in [-0.15, -0.1) is 0 Å².